The molecule has 2 amide bonds. The molecule has 0 unspecified atom stereocenters. The van der Waals surface area contributed by atoms with Crippen molar-refractivity contribution in [3.8, 4) is 11.5 Å². The monoisotopic (exact) mass is 531 g/mol. The van der Waals surface area contributed by atoms with E-state index in [-0.39, 0.29) is 24.2 Å². The molecule has 9 nitrogen and oxygen atoms in total. The van der Waals surface area contributed by atoms with E-state index in [9.17, 15) is 18.0 Å². The van der Waals surface area contributed by atoms with Gasteiger partial charge < -0.3 is 19.7 Å². The molecule has 0 spiro atoms. The number of carbonyl (C=O) groups excluding carboxylic acids is 2. The quantitative estimate of drug-likeness (QED) is 0.477. The predicted octanol–water partition coefficient (Wildman–Crippen LogP) is 3.25. The van der Waals surface area contributed by atoms with Crippen LogP contribution in [0.25, 0.3) is 0 Å². The predicted molar refractivity (Wildman–Crippen MR) is 143 cm³/mol. The molecule has 0 aromatic heterocycles. The number of methoxy groups -OCH3 is 2. The molecule has 202 valence electrons. The smallest absolute Gasteiger partial charge is 0.244 e. The van der Waals surface area contributed by atoms with Crippen molar-refractivity contribution in [1.82, 2.24) is 10.2 Å². The van der Waals surface area contributed by atoms with Crippen molar-refractivity contribution < 1.29 is 27.5 Å². The lowest BCUT2D eigenvalue weighted by molar-refractivity contribution is -0.139. The minimum absolute atomic E-state index is 0.102. The number of nitrogens with one attached hydrogen (secondary N) is 1. The Hall–Kier alpha value is -3.27. The highest BCUT2D eigenvalue weighted by Crippen LogP contribution is 2.32. The molecule has 2 aromatic rings. The van der Waals surface area contributed by atoms with Gasteiger partial charge in [0, 0.05) is 18.7 Å². The zero-order valence-electron chi connectivity index (χ0n) is 22.2. The van der Waals surface area contributed by atoms with Crippen molar-refractivity contribution >= 4 is 27.5 Å². The average Bonchev–Trinajstić information content (AvgIpc) is 3.38. The summed E-state index contributed by atoms with van der Waals surface area (Å²) in [6, 6.07) is 11.6. The van der Waals surface area contributed by atoms with E-state index in [1.807, 2.05) is 31.2 Å². The van der Waals surface area contributed by atoms with Crippen molar-refractivity contribution in [3.05, 3.63) is 53.6 Å². The standard InChI is InChI=1S/C27H37N3O6S/c1-19-10-12-21(13-11-19)17-29(20(2)27(32)28-22-8-6-7-9-22)26(31)18-30(37(5,33)34)23-14-15-24(35-3)25(16-23)36-4/h10-16,20,22H,6-9,17-18H2,1-5H3,(H,28,32)/t20-/m1/s1. The van der Waals surface area contributed by atoms with Gasteiger partial charge in [0.2, 0.25) is 21.8 Å². The van der Waals surface area contributed by atoms with Gasteiger partial charge in [-0.1, -0.05) is 42.7 Å². The molecule has 37 heavy (non-hydrogen) atoms. The van der Waals surface area contributed by atoms with E-state index in [0.717, 1.165) is 47.4 Å². The molecule has 1 N–H and O–H groups in total. The van der Waals surface area contributed by atoms with Crippen LogP contribution < -0.4 is 19.1 Å². The zero-order valence-corrected chi connectivity index (χ0v) is 23.0. The van der Waals surface area contributed by atoms with Gasteiger partial charge in [-0.2, -0.15) is 0 Å². The van der Waals surface area contributed by atoms with Gasteiger partial charge in [-0.25, -0.2) is 8.42 Å². The highest BCUT2D eigenvalue weighted by molar-refractivity contribution is 7.92. The van der Waals surface area contributed by atoms with E-state index in [1.165, 1.54) is 25.2 Å². The molecule has 1 atom stereocenters. The van der Waals surface area contributed by atoms with E-state index in [2.05, 4.69) is 5.32 Å². The van der Waals surface area contributed by atoms with E-state index in [4.69, 9.17) is 9.47 Å². The number of nitrogens with zero attached hydrogens (tertiary/aromatic N) is 2. The number of aryl methyl sites for hydroxylation is 1. The Labute approximate surface area is 219 Å². The number of hydrogen-bond acceptors (Lipinski definition) is 6. The number of ether oxygens (including phenoxy) is 2. The highest BCUT2D eigenvalue weighted by Gasteiger charge is 2.31. The maximum atomic E-state index is 13.7. The molecule has 3 rings (SSSR count). The van der Waals surface area contributed by atoms with Crippen LogP contribution in [0, 0.1) is 6.92 Å². The largest absolute Gasteiger partial charge is 0.493 e. The lowest BCUT2D eigenvalue weighted by Gasteiger charge is -2.32. The Kier molecular flexibility index (Phi) is 9.42. The Morgan fingerprint density at radius 1 is 1.03 bits per heavy atom. The summed E-state index contributed by atoms with van der Waals surface area (Å²) in [7, 11) is -0.913. The molecule has 1 aliphatic rings. The fourth-order valence-electron chi connectivity index (χ4n) is 4.46. The number of anilines is 1. The lowest BCUT2D eigenvalue weighted by Crippen LogP contribution is -2.52. The molecular formula is C27H37N3O6S. The number of sulfonamides is 1. The van der Waals surface area contributed by atoms with Gasteiger partial charge in [0.25, 0.3) is 0 Å². The molecule has 0 radical (unpaired) electrons. The molecule has 0 saturated heterocycles. The normalized spacial score (nSPS) is 14.6. The van der Waals surface area contributed by atoms with Gasteiger partial charge in [-0.05, 0) is 44.4 Å². The third kappa shape index (κ3) is 7.38. The summed E-state index contributed by atoms with van der Waals surface area (Å²) in [5, 5.41) is 3.06. The number of amides is 2. The second-order valence-corrected chi connectivity index (χ2v) is 11.4. The van der Waals surface area contributed by atoms with Crippen LogP contribution >= 0.6 is 0 Å². The molecule has 0 bridgehead atoms. The molecule has 2 aromatic carbocycles. The fraction of sp³-hybridized carbons (Fsp3) is 0.481. The Morgan fingerprint density at radius 2 is 1.65 bits per heavy atom. The molecule has 1 saturated carbocycles. The van der Waals surface area contributed by atoms with Gasteiger partial charge in [-0.3, -0.25) is 13.9 Å². The second kappa shape index (κ2) is 12.3. The minimum atomic E-state index is -3.85. The summed E-state index contributed by atoms with van der Waals surface area (Å²) in [5.41, 5.74) is 2.17. The van der Waals surface area contributed by atoms with E-state index in [1.54, 1.807) is 19.1 Å². The van der Waals surface area contributed by atoms with Crippen LogP contribution in [0.2, 0.25) is 0 Å². The Balaban J connectivity index is 1.90. The number of benzene rings is 2. The van der Waals surface area contributed by atoms with Crippen molar-refractivity contribution in [1.29, 1.82) is 0 Å². The summed E-state index contributed by atoms with van der Waals surface area (Å²) in [6.07, 6.45) is 5.02. The Morgan fingerprint density at radius 3 is 2.22 bits per heavy atom. The van der Waals surface area contributed by atoms with Crippen LogP contribution in [0.4, 0.5) is 5.69 Å². The lowest BCUT2D eigenvalue weighted by atomic mass is 10.1. The number of hydrogen-bond donors (Lipinski definition) is 1. The molecule has 1 aliphatic carbocycles. The number of rotatable bonds is 11. The zero-order chi connectivity index (χ0) is 27.2. The summed E-state index contributed by atoms with van der Waals surface area (Å²) in [6.45, 7) is 3.35. The van der Waals surface area contributed by atoms with Crippen molar-refractivity contribution in [2.45, 2.75) is 58.2 Å². The van der Waals surface area contributed by atoms with Crippen molar-refractivity contribution in [2.75, 3.05) is 31.3 Å². The maximum Gasteiger partial charge on any atom is 0.244 e. The van der Waals surface area contributed by atoms with Crippen LogP contribution in [0.3, 0.4) is 0 Å². The second-order valence-electron chi connectivity index (χ2n) is 9.48. The van der Waals surface area contributed by atoms with Crippen LogP contribution in [-0.4, -0.2) is 64.2 Å². The van der Waals surface area contributed by atoms with Crippen LogP contribution in [-0.2, 0) is 26.2 Å². The summed E-state index contributed by atoms with van der Waals surface area (Å²) >= 11 is 0. The third-order valence-electron chi connectivity index (χ3n) is 6.68. The topological polar surface area (TPSA) is 105 Å². The van der Waals surface area contributed by atoms with Gasteiger partial charge in [0.15, 0.2) is 11.5 Å². The van der Waals surface area contributed by atoms with E-state index in [0.29, 0.717) is 11.5 Å². The van der Waals surface area contributed by atoms with Crippen LogP contribution in [0.15, 0.2) is 42.5 Å². The van der Waals surface area contributed by atoms with Gasteiger partial charge >= 0.3 is 0 Å². The van der Waals surface area contributed by atoms with Crippen LogP contribution in [0.1, 0.15) is 43.7 Å². The van der Waals surface area contributed by atoms with Crippen molar-refractivity contribution in [3.63, 3.8) is 0 Å². The molecule has 0 heterocycles. The van der Waals surface area contributed by atoms with E-state index >= 15 is 0 Å². The summed E-state index contributed by atoms with van der Waals surface area (Å²) in [4.78, 5) is 28.3. The first-order valence-corrected chi connectivity index (χ1v) is 14.2. The fourth-order valence-corrected chi connectivity index (χ4v) is 5.30. The third-order valence-corrected chi connectivity index (χ3v) is 7.82. The number of carbonyl (C=O) groups is 2. The van der Waals surface area contributed by atoms with E-state index < -0.39 is 28.5 Å². The van der Waals surface area contributed by atoms with Gasteiger partial charge in [-0.15, -0.1) is 0 Å². The first kappa shape index (κ1) is 28.3. The van der Waals surface area contributed by atoms with Crippen LogP contribution in [0.5, 0.6) is 11.5 Å². The van der Waals surface area contributed by atoms with Gasteiger partial charge in [0.05, 0.1) is 26.2 Å². The molecule has 0 aliphatic heterocycles. The van der Waals surface area contributed by atoms with Gasteiger partial charge in [0.1, 0.15) is 12.6 Å². The first-order chi connectivity index (χ1) is 17.5. The average molecular weight is 532 g/mol. The Bertz CT molecular complexity index is 1190. The first-order valence-electron chi connectivity index (χ1n) is 12.4. The molecule has 1 fully saturated rings. The maximum absolute atomic E-state index is 13.7. The molecule has 10 heteroatoms. The summed E-state index contributed by atoms with van der Waals surface area (Å²) in [5.74, 6) is 0.0328. The highest BCUT2D eigenvalue weighted by atomic mass is 32.2. The SMILES string of the molecule is COc1ccc(N(CC(=O)N(Cc2ccc(C)cc2)[C@H](C)C(=O)NC2CCCC2)S(C)(=O)=O)cc1OC. The minimum Gasteiger partial charge on any atom is -0.493 e. The van der Waals surface area contributed by atoms with Crippen molar-refractivity contribution in [2.24, 2.45) is 0 Å². The molecular weight excluding hydrogens is 494 g/mol. The summed E-state index contributed by atoms with van der Waals surface area (Å²) < 4.78 is 37.1.